The van der Waals surface area contributed by atoms with E-state index in [2.05, 4.69) is 36.9 Å². The van der Waals surface area contributed by atoms with Crippen LogP contribution in [0.4, 0.5) is 0 Å². The summed E-state index contributed by atoms with van der Waals surface area (Å²) in [5, 5.41) is 9.19. The maximum Gasteiger partial charge on any atom is 0.251 e. The van der Waals surface area contributed by atoms with Crippen LogP contribution in [0, 0.1) is 0 Å². The maximum absolute atomic E-state index is 11.9. The molecular formula is C15H23BrN4O2. The molecule has 0 aromatic heterocycles. The predicted molar refractivity (Wildman–Crippen MR) is 92.3 cm³/mol. The lowest BCUT2D eigenvalue weighted by molar-refractivity contribution is 0.0953. The highest BCUT2D eigenvalue weighted by Crippen LogP contribution is 2.10. The van der Waals surface area contributed by atoms with Crippen molar-refractivity contribution in [3.63, 3.8) is 0 Å². The Labute approximate surface area is 139 Å². The monoisotopic (exact) mass is 370 g/mol. The lowest BCUT2D eigenvalue weighted by atomic mass is 10.2. The number of nitrogens with zero attached hydrogens (tertiary/aromatic N) is 1. The smallest absolute Gasteiger partial charge is 0.251 e. The maximum atomic E-state index is 11.9. The average molecular weight is 371 g/mol. The summed E-state index contributed by atoms with van der Waals surface area (Å²) in [7, 11) is 3.38. The molecule has 0 saturated carbocycles. The van der Waals surface area contributed by atoms with E-state index in [0.29, 0.717) is 25.3 Å². The summed E-state index contributed by atoms with van der Waals surface area (Å²) in [6, 6.07) is 7.29. The molecule has 0 atom stereocenters. The van der Waals surface area contributed by atoms with Gasteiger partial charge in [-0.3, -0.25) is 9.79 Å². The fourth-order valence-corrected chi connectivity index (χ4v) is 1.96. The molecule has 1 amide bonds. The summed E-state index contributed by atoms with van der Waals surface area (Å²) in [5.74, 6) is 0.673. The molecule has 1 aromatic carbocycles. The van der Waals surface area contributed by atoms with E-state index in [4.69, 9.17) is 4.74 Å². The van der Waals surface area contributed by atoms with Gasteiger partial charge in [-0.05, 0) is 30.7 Å². The van der Waals surface area contributed by atoms with E-state index >= 15 is 0 Å². The van der Waals surface area contributed by atoms with Gasteiger partial charge < -0.3 is 20.7 Å². The Balaban J connectivity index is 2.16. The zero-order valence-electron chi connectivity index (χ0n) is 13.0. The van der Waals surface area contributed by atoms with E-state index in [1.807, 2.05) is 12.1 Å². The van der Waals surface area contributed by atoms with Crippen LogP contribution in [0.2, 0.25) is 0 Å². The normalized spacial score (nSPS) is 11.1. The fraction of sp³-hybridized carbons (Fsp3) is 0.467. The van der Waals surface area contributed by atoms with Crippen molar-refractivity contribution in [2.45, 2.75) is 6.42 Å². The number of hydrogen-bond acceptors (Lipinski definition) is 3. The van der Waals surface area contributed by atoms with Crippen molar-refractivity contribution in [2.75, 3.05) is 40.4 Å². The van der Waals surface area contributed by atoms with E-state index < -0.39 is 0 Å². The summed E-state index contributed by atoms with van der Waals surface area (Å²) in [5.41, 5.74) is 0.660. The number of hydrogen-bond donors (Lipinski definition) is 3. The SMILES string of the molecule is CN=C(NCCCNC(=O)c1ccc(Br)cc1)NCCOC. The van der Waals surface area contributed by atoms with Gasteiger partial charge in [-0.15, -0.1) is 0 Å². The second-order valence-electron chi connectivity index (χ2n) is 4.53. The summed E-state index contributed by atoms with van der Waals surface area (Å²) in [6.45, 7) is 2.67. The van der Waals surface area contributed by atoms with Crippen molar-refractivity contribution < 1.29 is 9.53 Å². The highest BCUT2D eigenvalue weighted by molar-refractivity contribution is 9.10. The standard InChI is InChI=1S/C15H23BrN4O2/c1-17-15(20-10-11-22-2)19-9-3-8-18-14(21)12-4-6-13(16)7-5-12/h4-7H,3,8-11H2,1-2H3,(H,18,21)(H2,17,19,20). The van der Waals surface area contributed by atoms with Crippen molar-refractivity contribution in [1.29, 1.82) is 0 Å². The number of guanidine groups is 1. The number of benzene rings is 1. The number of nitrogens with one attached hydrogen (secondary N) is 3. The minimum Gasteiger partial charge on any atom is -0.383 e. The first-order valence-corrected chi connectivity index (χ1v) is 7.94. The topological polar surface area (TPSA) is 74.8 Å². The van der Waals surface area contributed by atoms with Crippen LogP contribution in [0.15, 0.2) is 33.7 Å². The van der Waals surface area contributed by atoms with Crippen LogP contribution in [0.5, 0.6) is 0 Å². The van der Waals surface area contributed by atoms with Gasteiger partial charge in [-0.1, -0.05) is 15.9 Å². The number of amides is 1. The van der Waals surface area contributed by atoms with Gasteiger partial charge in [-0.2, -0.15) is 0 Å². The molecule has 0 heterocycles. The molecule has 0 unspecified atom stereocenters. The Hall–Kier alpha value is -1.60. The van der Waals surface area contributed by atoms with Crippen molar-refractivity contribution in [2.24, 2.45) is 4.99 Å². The summed E-state index contributed by atoms with van der Waals surface area (Å²) >= 11 is 3.35. The number of aliphatic imine (C=N–C) groups is 1. The zero-order valence-corrected chi connectivity index (χ0v) is 14.6. The third-order valence-electron chi connectivity index (χ3n) is 2.86. The second-order valence-corrected chi connectivity index (χ2v) is 5.45. The van der Waals surface area contributed by atoms with Crippen molar-refractivity contribution in [3.8, 4) is 0 Å². The molecule has 7 heteroatoms. The molecule has 0 bridgehead atoms. The highest BCUT2D eigenvalue weighted by Gasteiger charge is 2.04. The summed E-state index contributed by atoms with van der Waals surface area (Å²) in [4.78, 5) is 16.0. The number of carbonyl (C=O) groups is 1. The molecule has 1 aromatic rings. The van der Waals surface area contributed by atoms with Gasteiger partial charge in [0.25, 0.3) is 5.91 Å². The molecule has 0 fully saturated rings. The average Bonchev–Trinajstić information content (AvgIpc) is 2.53. The molecule has 0 aliphatic carbocycles. The first kappa shape index (κ1) is 18.4. The third kappa shape index (κ3) is 7.42. The Morgan fingerprint density at radius 3 is 2.41 bits per heavy atom. The third-order valence-corrected chi connectivity index (χ3v) is 3.39. The van der Waals surface area contributed by atoms with Gasteiger partial charge >= 0.3 is 0 Å². The van der Waals surface area contributed by atoms with Crippen LogP contribution in [-0.4, -0.2) is 52.3 Å². The molecule has 3 N–H and O–H groups in total. The van der Waals surface area contributed by atoms with E-state index in [1.165, 1.54) is 0 Å². The van der Waals surface area contributed by atoms with Crippen LogP contribution in [0.25, 0.3) is 0 Å². The highest BCUT2D eigenvalue weighted by atomic mass is 79.9. The molecule has 6 nitrogen and oxygen atoms in total. The van der Waals surface area contributed by atoms with Crippen molar-refractivity contribution in [3.05, 3.63) is 34.3 Å². The van der Waals surface area contributed by atoms with Crippen LogP contribution >= 0.6 is 15.9 Å². The van der Waals surface area contributed by atoms with Crippen LogP contribution in [0.3, 0.4) is 0 Å². The number of methoxy groups -OCH3 is 1. The first-order chi connectivity index (χ1) is 10.7. The molecule has 1 rings (SSSR count). The Kier molecular flexibility index (Phi) is 9.25. The van der Waals surface area contributed by atoms with E-state index in [0.717, 1.165) is 23.4 Å². The van der Waals surface area contributed by atoms with Crippen LogP contribution < -0.4 is 16.0 Å². The van der Waals surface area contributed by atoms with Gasteiger partial charge in [0, 0.05) is 43.8 Å². The first-order valence-electron chi connectivity index (χ1n) is 7.14. The Bertz CT molecular complexity index is 477. The molecule has 22 heavy (non-hydrogen) atoms. The minimum absolute atomic E-state index is 0.0601. The van der Waals surface area contributed by atoms with E-state index in [-0.39, 0.29) is 5.91 Å². The summed E-state index contributed by atoms with van der Waals surface area (Å²) in [6.07, 6.45) is 0.813. The lowest BCUT2D eigenvalue weighted by Crippen LogP contribution is -2.40. The number of halogens is 1. The number of rotatable bonds is 8. The Morgan fingerprint density at radius 2 is 1.77 bits per heavy atom. The molecule has 0 radical (unpaired) electrons. The van der Waals surface area contributed by atoms with Crippen molar-refractivity contribution >= 4 is 27.8 Å². The van der Waals surface area contributed by atoms with Gasteiger partial charge in [0.2, 0.25) is 0 Å². The second kappa shape index (κ2) is 11.0. The molecular weight excluding hydrogens is 348 g/mol. The van der Waals surface area contributed by atoms with Crippen LogP contribution in [-0.2, 0) is 4.74 Å². The molecule has 0 saturated heterocycles. The Morgan fingerprint density at radius 1 is 1.14 bits per heavy atom. The number of ether oxygens (including phenoxy) is 1. The molecule has 122 valence electrons. The minimum atomic E-state index is -0.0601. The van der Waals surface area contributed by atoms with Gasteiger partial charge in [0.05, 0.1) is 6.61 Å². The van der Waals surface area contributed by atoms with Gasteiger partial charge in [0.15, 0.2) is 5.96 Å². The summed E-state index contributed by atoms with van der Waals surface area (Å²) < 4.78 is 5.92. The lowest BCUT2D eigenvalue weighted by Gasteiger charge is -2.11. The molecule has 0 aliphatic rings. The largest absolute Gasteiger partial charge is 0.383 e. The zero-order chi connectivity index (χ0) is 16.2. The van der Waals surface area contributed by atoms with Gasteiger partial charge in [-0.25, -0.2) is 0 Å². The quantitative estimate of drug-likeness (QED) is 0.367. The molecule has 0 spiro atoms. The number of carbonyl (C=O) groups excluding carboxylic acids is 1. The van der Waals surface area contributed by atoms with Crippen LogP contribution in [0.1, 0.15) is 16.8 Å². The fourth-order valence-electron chi connectivity index (χ4n) is 1.69. The van der Waals surface area contributed by atoms with Gasteiger partial charge in [0.1, 0.15) is 0 Å². The van der Waals surface area contributed by atoms with Crippen molar-refractivity contribution in [1.82, 2.24) is 16.0 Å². The predicted octanol–water partition coefficient (Wildman–Crippen LogP) is 1.38. The molecule has 0 aliphatic heterocycles. The van der Waals surface area contributed by atoms with E-state index in [9.17, 15) is 4.79 Å². The van der Waals surface area contributed by atoms with E-state index in [1.54, 1.807) is 26.3 Å².